The molecule has 0 aromatic heterocycles. The van der Waals surface area contributed by atoms with Gasteiger partial charge < -0.3 is 9.84 Å². The molecule has 1 amide bonds. The number of esters is 1. The number of carbonyl (C=O) groups is 2. The summed E-state index contributed by atoms with van der Waals surface area (Å²) < 4.78 is 4.60. The summed E-state index contributed by atoms with van der Waals surface area (Å²) in [5.74, 6) is -0.406. The van der Waals surface area contributed by atoms with Crippen LogP contribution in [0, 0.1) is 0 Å². The second kappa shape index (κ2) is 3.84. The van der Waals surface area contributed by atoms with Crippen molar-refractivity contribution in [1.29, 1.82) is 0 Å². The van der Waals surface area contributed by atoms with E-state index in [0.717, 1.165) is 11.1 Å². The molecule has 1 aliphatic rings. The van der Waals surface area contributed by atoms with Crippen LogP contribution in [0.4, 0.5) is 4.79 Å². The molecule has 0 fully saturated rings. The number of ether oxygens (including phenoxy) is 1. The van der Waals surface area contributed by atoms with Crippen LogP contribution in [-0.4, -0.2) is 29.2 Å². The Kier molecular flexibility index (Phi) is 2.52. The Morgan fingerprint density at radius 2 is 2.00 bits per heavy atom. The molecule has 1 heterocycles. The van der Waals surface area contributed by atoms with Gasteiger partial charge in [0.25, 0.3) is 0 Å². The number of methoxy groups -OCH3 is 1. The average molecular weight is 221 g/mol. The highest BCUT2D eigenvalue weighted by Gasteiger charge is 2.23. The molecular weight excluding hydrogens is 210 g/mol. The van der Waals surface area contributed by atoms with Crippen LogP contribution in [0.2, 0.25) is 0 Å². The van der Waals surface area contributed by atoms with Crippen LogP contribution in [0.3, 0.4) is 0 Å². The van der Waals surface area contributed by atoms with E-state index in [1.54, 1.807) is 18.2 Å². The highest BCUT2D eigenvalue weighted by atomic mass is 16.5. The Labute approximate surface area is 92.2 Å². The Bertz CT molecular complexity index is 455. The molecule has 5 heteroatoms. The maximum atomic E-state index is 11.3. The number of fused-ring (bicyclic) bond motifs is 1. The summed E-state index contributed by atoms with van der Waals surface area (Å²) in [5, 5.41) is 8.84. The molecular formula is C11H11NO4. The van der Waals surface area contributed by atoms with Gasteiger partial charge in [-0.15, -0.1) is 0 Å². The Morgan fingerprint density at radius 3 is 2.62 bits per heavy atom. The standard InChI is InChI=1S/C11H11NO4/c1-16-10(13)7-2-3-8-5-12(11(14)15)6-9(8)4-7/h2-4H,5-6H2,1H3,(H,14,15). The molecule has 0 saturated heterocycles. The van der Waals surface area contributed by atoms with Gasteiger partial charge in [0.1, 0.15) is 0 Å². The molecule has 16 heavy (non-hydrogen) atoms. The highest BCUT2D eigenvalue weighted by molar-refractivity contribution is 5.89. The normalized spacial score (nSPS) is 13.4. The molecule has 0 unspecified atom stereocenters. The summed E-state index contributed by atoms with van der Waals surface area (Å²) in [4.78, 5) is 23.4. The minimum absolute atomic E-state index is 0.329. The predicted molar refractivity (Wildman–Crippen MR) is 55.1 cm³/mol. The first-order valence-electron chi connectivity index (χ1n) is 4.80. The lowest BCUT2D eigenvalue weighted by Gasteiger charge is -2.08. The zero-order valence-electron chi connectivity index (χ0n) is 8.77. The van der Waals surface area contributed by atoms with Crippen molar-refractivity contribution in [3.05, 3.63) is 34.9 Å². The van der Waals surface area contributed by atoms with Crippen LogP contribution in [0.15, 0.2) is 18.2 Å². The fraction of sp³-hybridized carbons (Fsp3) is 0.273. The number of nitrogens with zero attached hydrogens (tertiary/aromatic N) is 1. The molecule has 5 nitrogen and oxygen atoms in total. The van der Waals surface area contributed by atoms with Gasteiger partial charge >= 0.3 is 12.1 Å². The lowest BCUT2D eigenvalue weighted by Crippen LogP contribution is -2.22. The van der Waals surface area contributed by atoms with E-state index in [1.165, 1.54) is 12.0 Å². The Hall–Kier alpha value is -2.04. The first kappa shape index (κ1) is 10.5. The van der Waals surface area contributed by atoms with Gasteiger partial charge in [0, 0.05) is 13.1 Å². The van der Waals surface area contributed by atoms with Gasteiger partial charge in [-0.25, -0.2) is 9.59 Å². The summed E-state index contributed by atoms with van der Waals surface area (Å²) in [6.07, 6.45) is -0.948. The summed E-state index contributed by atoms with van der Waals surface area (Å²) in [7, 11) is 1.32. The third kappa shape index (κ3) is 1.71. The largest absolute Gasteiger partial charge is 0.465 e. The molecule has 1 aliphatic heterocycles. The van der Waals surface area contributed by atoms with E-state index in [1.807, 2.05) is 0 Å². The van der Waals surface area contributed by atoms with Gasteiger partial charge in [-0.3, -0.25) is 4.90 Å². The SMILES string of the molecule is COC(=O)c1ccc2c(c1)CN(C(=O)O)C2. The van der Waals surface area contributed by atoms with Crippen LogP contribution in [-0.2, 0) is 17.8 Å². The minimum atomic E-state index is -0.948. The van der Waals surface area contributed by atoms with E-state index in [4.69, 9.17) is 5.11 Å². The first-order valence-corrected chi connectivity index (χ1v) is 4.80. The molecule has 0 aliphatic carbocycles. The quantitative estimate of drug-likeness (QED) is 0.729. The molecule has 0 saturated carbocycles. The zero-order chi connectivity index (χ0) is 11.7. The van der Waals surface area contributed by atoms with Crippen LogP contribution < -0.4 is 0 Å². The van der Waals surface area contributed by atoms with Gasteiger partial charge in [0.2, 0.25) is 0 Å². The molecule has 1 aromatic rings. The summed E-state index contributed by atoms with van der Waals surface area (Å²) in [6.45, 7) is 0.710. The third-order valence-corrected chi connectivity index (χ3v) is 2.62. The molecule has 1 N–H and O–H groups in total. The number of hydrogen-bond acceptors (Lipinski definition) is 3. The molecule has 84 valence electrons. The zero-order valence-corrected chi connectivity index (χ0v) is 8.77. The van der Waals surface area contributed by atoms with Crippen molar-refractivity contribution >= 4 is 12.1 Å². The van der Waals surface area contributed by atoms with E-state index < -0.39 is 12.1 Å². The minimum Gasteiger partial charge on any atom is -0.465 e. The fourth-order valence-corrected chi connectivity index (χ4v) is 1.77. The second-order valence-corrected chi connectivity index (χ2v) is 3.61. The van der Waals surface area contributed by atoms with Crippen LogP contribution in [0.5, 0.6) is 0 Å². The molecule has 0 radical (unpaired) electrons. The number of carboxylic acid groups (broad SMARTS) is 1. The maximum absolute atomic E-state index is 11.3. The second-order valence-electron chi connectivity index (χ2n) is 3.61. The van der Waals surface area contributed by atoms with Crippen molar-refractivity contribution in [3.8, 4) is 0 Å². The monoisotopic (exact) mass is 221 g/mol. The Balaban J connectivity index is 2.27. The molecule has 0 spiro atoms. The first-order chi connectivity index (χ1) is 7.61. The van der Waals surface area contributed by atoms with Crippen molar-refractivity contribution < 1.29 is 19.4 Å². The number of amides is 1. The number of benzene rings is 1. The van der Waals surface area contributed by atoms with E-state index in [0.29, 0.717) is 18.7 Å². The lowest BCUT2D eigenvalue weighted by molar-refractivity contribution is 0.0600. The van der Waals surface area contributed by atoms with Gasteiger partial charge in [-0.05, 0) is 23.3 Å². The third-order valence-electron chi connectivity index (χ3n) is 2.62. The number of rotatable bonds is 1. The highest BCUT2D eigenvalue weighted by Crippen LogP contribution is 2.23. The van der Waals surface area contributed by atoms with Gasteiger partial charge in [-0.1, -0.05) is 6.07 Å². The van der Waals surface area contributed by atoms with Crippen molar-refractivity contribution in [2.75, 3.05) is 7.11 Å². The van der Waals surface area contributed by atoms with Crippen molar-refractivity contribution in [2.24, 2.45) is 0 Å². The molecule has 0 bridgehead atoms. The summed E-state index contributed by atoms with van der Waals surface area (Å²) in [5.41, 5.74) is 2.26. The van der Waals surface area contributed by atoms with E-state index in [9.17, 15) is 9.59 Å². The average Bonchev–Trinajstić information content (AvgIpc) is 2.70. The van der Waals surface area contributed by atoms with E-state index in [2.05, 4.69) is 4.74 Å². The summed E-state index contributed by atoms with van der Waals surface area (Å²) >= 11 is 0. The predicted octanol–water partition coefficient (Wildman–Crippen LogP) is 1.47. The number of carbonyl (C=O) groups excluding carboxylic acids is 1. The Morgan fingerprint density at radius 1 is 1.31 bits per heavy atom. The van der Waals surface area contributed by atoms with Crippen LogP contribution in [0.1, 0.15) is 21.5 Å². The van der Waals surface area contributed by atoms with Crippen molar-refractivity contribution in [3.63, 3.8) is 0 Å². The van der Waals surface area contributed by atoms with Crippen molar-refractivity contribution in [1.82, 2.24) is 4.90 Å². The molecule has 1 aromatic carbocycles. The van der Waals surface area contributed by atoms with Gasteiger partial charge in [0.05, 0.1) is 12.7 Å². The smallest absolute Gasteiger partial charge is 0.407 e. The molecule has 2 rings (SSSR count). The topological polar surface area (TPSA) is 66.8 Å². The van der Waals surface area contributed by atoms with Crippen LogP contribution >= 0.6 is 0 Å². The van der Waals surface area contributed by atoms with E-state index in [-0.39, 0.29) is 0 Å². The van der Waals surface area contributed by atoms with Gasteiger partial charge in [0.15, 0.2) is 0 Å². The molecule has 0 atom stereocenters. The lowest BCUT2D eigenvalue weighted by atomic mass is 10.1. The number of hydrogen-bond donors (Lipinski definition) is 1. The summed E-state index contributed by atoms with van der Waals surface area (Å²) in [6, 6.07) is 5.10. The maximum Gasteiger partial charge on any atom is 0.407 e. The van der Waals surface area contributed by atoms with Gasteiger partial charge in [-0.2, -0.15) is 0 Å². The van der Waals surface area contributed by atoms with Crippen molar-refractivity contribution in [2.45, 2.75) is 13.1 Å². The fourth-order valence-electron chi connectivity index (χ4n) is 1.77. The van der Waals surface area contributed by atoms with E-state index >= 15 is 0 Å². The van der Waals surface area contributed by atoms with Crippen LogP contribution in [0.25, 0.3) is 0 Å².